The summed E-state index contributed by atoms with van der Waals surface area (Å²) in [4.78, 5) is 38.3. The van der Waals surface area contributed by atoms with Gasteiger partial charge in [0.05, 0.1) is 25.4 Å². The molecule has 10 heteroatoms. The topological polar surface area (TPSA) is 118 Å². The number of ether oxygens (including phenoxy) is 5. The van der Waals surface area contributed by atoms with Crippen molar-refractivity contribution in [2.75, 3.05) is 33.5 Å². The van der Waals surface area contributed by atoms with Gasteiger partial charge in [0.15, 0.2) is 29.4 Å². The summed E-state index contributed by atoms with van der Waals surface area (Å²) in [6, 6.07) is 0. The Kier molecular flexibility index (Phi) is 6.99. The molecule has 5 rings (SSSR count). The van der Waals surface area contributed by atoms with Crippen LogP contribution >= 0.6 is 0 Å². The molecule has 1 N–H and O–H groups in total. The van der Waals surface area contributed by atoms with Crippen LogP contribution < -0.4 is 0 Å². The van der Waals surface area contributed by atoms with Crippen molar-refractivity contribution in [2.24, 2.45) is 22.7 Å². The monoisotopic (exact) mass is 550 g/mol. The summed E-state index contributed by atoms with van der Waals surface area (Å²) in [5, 5.41) is 11.6. The maximum Gasteiger partial charge on any atom is 0.332 e. The van der Waals surface area contributed by atoms with Crippen LogP contribution in [-0.4, -0.2) is 85.4 Å². The molecular formula is C29H39FO9. The summed E-state index contributed by atoms with van der Waals surface area (Å²) in [5.74, 6) is -3.41. The van der Waals surface area contributed by atoms with Crippen LogP contribution in [-0.2, 0) is 38.1 Å². The number of fused-ring (bicyclic) bond motifs is 7. The zero-order valence-corrected chi connectivity index (χ0v) is 23.3. The highest BCUT2D eigenvalue weighted by molar-refractivity contribution is 6.01. The molecule has 0 amide bonds. The first-order chi connectivity index (χ1) is 18.2. The highest BCUT2D eigenvalue weighted by Gasteiger charge is 2.80. The van der Waals surface area contributed by atoms with Gasteiger partial charge in [-0.2, -0.15) is 0 Å². The van der Waals surface area contributed by atoms with E-state index in [2.05, 4.69) is 0 Å². The third kappa shape index (κ3) is 4.01. The van der Waals surface area contributed by atoms with Crippen molar-refractivity contribution in [2.45, 2.75) is 82.6 Å². The number of halogens is 1. The van der Waals surface area contributed by atoms with Crippen molar-refractivity contribution in [3.63, 3.8) is 0 Å². The molecule has 4 fully saturated rings. The molecule has 0 unspecified atom stereocenters. The summed E-state index contributed by atoms with van der Waals surface area (Å²) in [7, 11) is 1.52. The maximum absolute atomic E-state index is 17.4. The van der Waals surface area contributed by atoms with E-state index in [0.29, 0.717) is 31.4 Å². The maximum atomic E-state index is 17.4. The molecule has 9 nitrogen and oxygen atoms in total. The number of aliphatic hydroxyl groups is 1. The second-order valence-electron chi connectivity index (χ2n) is 12.5. The first-order valence-electron chi connectivity index (χ1n) is 13.7. The van der Waals surface area contributed by atoms with Crippen LogP contribution in [0, 0.1) is 22.7 Å². The van der Waals surface area contributed by atoms with Gasteiger partial charge in [0.2, 0.25) is 5.78 Å². The molecule has 0 aromatic rings. The predicted molar refractivity (Wildman–Crippen MR) is 135 cm³/mol. The Morgan fingerprint density at radius 2 is 1.90 bits per heavy atom. The van der Waals surface area contributed by atoms with E-state index in [4.69, 9.17) is 23.7 Å². The number of hydrogen-bond donors (Lipinski definition) is 1. The average Bonchev–Trinajstić information content (AvgIpc) is 3.27. The third-order valence-corrected chi connectivity index (χ3v) is 10.1. The summed E-state index contributed by atoms with van der Waals surface area (Å²) in [6.07, 6.45) is 3.59. The van der Waals surface area contributed by atoms with E-state index >= 15 is 4.39 Å². The van der Waals surface area contributed by atoms with Crippen LogP contribution in [0.25, 0.3) is 0 Å². The molecule has 8 atom stereocenters. The predicted octanol–water partition coefficient (Wildman–Crippen LogP) is 2.63. The van der Waals surface area contributed by atoms with E-state index in [9.17, 15) is 19.5 Å². The molecule has 39 heavy (non-hydrogen) atoms. The van der Waals surface area contributed by atoms with Gasteiger partial charge in [0.25, 0.3) is 0 Å². The van der Waals surface area contributed by atoms with Crippen molar-refractivity contribution < 1.29 is 47.6 Å². The normalized spacial score (nSPS) is 43.7. The lowest BCUT2D eigenvalue weighted by Gasteiger charge is -2.62. The van der Waals surface area contributed by atoms with Crippen LogP contribution in [0.4, 0.5) is 4.39 Å². The fourth-order valence-corrected chi connectivity index (χ4v) is 8.40. The number of carbonyl (C=O) groups excluding carboxylic acids is 3. The molecule has 1 saturated heterocycles. The Morgan fingerprint density at radius 1 is 1.15 bits per heavy atom. The fraction of sp³-hybridized carbons (Fsp3) is 0.759. The van der Waals surface area contributed by atoms with Crippen LogP contribution in [0.15, 0.2) is 23.8 Å². The van der Waals surface area contributed by atoms with E-state index in [1.54, 1.807) is 26.8 Å². The molecule has 0 spiro atoms. The van der Waals surface area contributed by atoms with Gasteiger partial charge in [-0.25, -0.2) is 9.18 Å². The largest absolute Gasteiger partial charge is 0.456 e. The Bertz CT molecular complexity index is 1120. The van der Waals surface area contributed by atoms with E-state index in [-0.39, 0.29) is 31.3 Å². The number of rotatable bonds is 8. The van der Waals surface area contributed by atoms with Gasteiger partial charge in [-0.3, -0.25) is 9.59 Å². The lowest BCUT2D eigenvalue weighted by molar-refractivity contribution is -0.246. The summed E-state index contributed by atoms with van der Waals surface area (Å²) >= 11 is 0. The van der Waals surface area contributed by atoms with Crippen molar-refractivity contribution in [3.8, 4) is 0 Å². The SMILES string of the molecule is COCCOCC(=O)OCC(=O)[C@@]12OC(C)(C)O[C@@H]1C[C@H]1[C@@H]3CCC4=CC(=O)C=C[C@]4(C)[C@@]3(F)[C@@H](O)C[C@@]12C. The average molecular weight is 551 g/mol. The molecule has 5 aliphatic rings. The zero-order chi connectivity index (χ0) is 28.4. The minimum Gasteiger partial charge on any atom is -0.456 e. The highest BCUT2D eigenvalue weighted by atomic mass is 19.1. The number of ketones is 2. The fourth-order valence-electron chi connectivity index (χ4n) is 8.40. The smallest absolute Gasteiger partial charge is 0.332 e. The summed E-state index contributed by atoms with van der Waals surface area (Å²) < 4.78 is 45.5. The number of esters is 1. The second-order valence-corrected chi connectivity index (χ2v) is 12.5. The minimum absolute atomic E-state index is 0.0505. The van der Waals surface area contributed by atoms with Crippen LogP contribution in [0.5, 0.6) is 0 Å². The van der Waals surface area contributed by atoms with Crippen LogP contribution in [0.2, 0.25) is 0 Å². The molecular weight excluding hydrogens is 511 g/mol. The Hall–Kier alpha value is -1.98. The van der Waals surface area contributed by atoms with Crippen molar-refractivity contribution in [3.05, 3.63) is 23.8 Å². The molecule has 0 bridgehead atoms. The Balaban J connectivity index is 1.45. The van der Waals surface area contributed by atoms with Crippen molar-refractivity contribution in [1.82, 2.24) is 0 Å². The van der Waals surface area contributed by atoms with Gasteiger partial charge in [-0.05, 0) is 64.5 Å². The minimum atomic E-state index is -2.04. The Labute approximate surface area is 228 Å². The van der Waals surface area contributed by atoms with Gasteiger partial charge in [0, 0.05) is 23.9 Å². The molecule has 0 aromatic heterocycles. The lowest BCUT2D eigenvalue weighted by atomic mass is 9.44. The van der Waals surface area contributed by atoms with E-state index in [1.807, 2.05) is 6.92 Å². The zero-order valence-electron chi connectivity index (χ0n) is 23.3. The van der Waals surface area contributed by atoms with E-state index in [0.717, 1.165) is 0 Å². The molecule has 4 aliphatic carbocycles. The van der Waals surface area contributed by atoms with Gasteiger partial charge in [0.1, 0.15) is 6.61 Å². The Morgan fingerprint density at radius 3 is 2.62 bits per heavy atom. The van der Waals surface area contributed by atoms with Crippen molar-refractivity contribution >= 4 is 17.5 Å². The van der Waals surface area contributed by atoms with Gasteiger partial charge < -0.3 is 28.8 Å². The summed E-state index contributed by atoms with van der Waals surface area (Å²) in [6.45, 7) is 6.70. The van der Waals surface area contributed by atoms with Crippen molar-refractivity contribution in [1.29, 1.82) is 0 Å². The van der Waals surface area contributed by atoms with Crippen LogP contribution in [0.3, 0.4) is 0 Å². The molecule has 1 heterocycles. The first-order valence-corrected chi connectivity index (χ1v) is 13.7. The number of Topliss-reactive ketones (excluding diaryl/α,β-unsaturated/α-hetero) is 1. The molecule has 0 radical (unpaired) electrons. The standard InChI is InChI=1S/C29H39FO9/c1-25(2)38-23-13-20-19-7-6-17-12-18(31)8-9-26(17,3)28(19,30)21(32)14-27(20,4)29(23,39-25)22(33)15-37-24(34)16-36-11-10-35-5/h8-9,12,19-21,23,32H,6-7,10-11,13-16H2,1-5H3/t19-,20-,21-,23+,26-,27-,28-,29+/m0/s1. The molecule has 216 valence electrons. The number of carbonyl (C=O) groups is 3. The van der Waals surface area contributed by atoms with Gasteiger partial charge in [-0.1, -0.05) is 18.6 Å². The third-order valence-electron chi connectivity index (χ3n) is 10.1. The molecule has 0 aromatic carbocycles. The molecule has 3 saturated carbocycles. The number of methoxy groups -OCH3 is 1. The van der Waals surface area contributed by atoms with Gasteiger partial charge in [-0.15, -0.1) is 0 Å². The first kappa shape index (κ1) is 28.5. The lowest BCUT2D eigenvalue weighted by Crippen LogP contribution is -2.70. The second kappa shape index (κ2) is 9.55. The van der Waals surface area contributed by atoms with E-state index < -0.39 is 64.4 Å². The summed E-state index contributed by atoms with van der Waals surface area (Å²) in [5.41, 5.74) is -5.01. The number of allylic oxidation sites excluding steroid dienone is 4. The number of hydrogen-bond acceptors (Lipinski definition) is 9. The number of alkyl halides is 1. The van der Waals surface area contributed by atoms with Gasteiger partial charge >= 0.3 is 5.97 Å². The molecule has 1 aliphatic heterocycles. The quantitative estimate of drug-likeness (QED) is 0.359. The highest BCUT2D eigenvalue weighted by Crippen LogP contribution is 2.72. The number of aliphatic hydroxyl groups excluding tert-OH is 1. The van der Waals surface area contributed by atoms with E-state index in [1.165, 1.54) is 19.3 Å². The van der Waals surface area contributed by atoms with Crippen LogP contribution in [0.1, 0.15) is 53.4 Å².